The number of nitrogens with one attached hydrogen (secondary N) is 1. The Morgan fingerprint density at radius 3 is 2.40 bits per heavy atom. The van der Waals surface area contributed by atoms with Crippen LogP contribution in [0.3, 0.4) is 0 Å². The van der Waals surface area contributed by atoms with Gasteiger partial charge in [-0.2, -0.15) is 0 Å². The number of nitrogens with zero attached hydrogens (tertiary/aromatic N) is 2. The van der Waals surface area contributed by atoms with Crippen LogP contribution in [0.15, 0.2) is 0 Å². The van der Waals surface area contributed by atoms with Gasteiger partial charge in [-0.15, -0.1) is 0 Å². The fraction of sp³-hybridized carbons (Fsp3) is 0.857. The second-order valence-electron chi connectivity index (χ2n) is 6.61. The highest BCUT2D eigenvalue weighted by Gasteiger charge is 2.44. The lowest BCUT2D eigenvalue weighted by atomic mass is 9.99. The van der Waals surface area contributed by atoms with E-state index in [1.54, 1.807) is 13.8 Å². The highest BCUT2D eigenvalue weighted by Crippen LogP contribution is 2.18. The normalized spacial score (nSPS) is 25.9. The largest absolute Gasteiger partial charge is 0.390 e. The van der Waals surface area contributed by atoms with Gasteiger partial charge in [0.15, 0.2) is 0 Å². The van der Waals surface area contributed by atoms with Crippen LogP contribution >= 0.6 is 0 Å². The van der Waals surface area contributed by atoms with Crippen molar-refractivity contribution in [2.75, 3.05) is 26.2 Å². The minimum absolute atomic E-state index is 0.0696. The van der Waals surface area contributed by atoms with E-state index in [0.717, 1.165) is 36.7 Å². The first-order valence-electron chi connectivity index (χ1n) is 7.34. The SMILES string of the molecule is CC1CCN(C[C@@H](O)CN2C(=O)NC(C)(C)C2=O)CC1. The van der Waals surface area contributed by atoms with Crippen molar-refractivity contribution in [3.8, 4) is 0 Å². The maximum atomic E-state index is 12.0. The summed E-state index contributed by atoms with van der Waals surface area (Å²) >= 11 is 0. The number of carbonyl (C=O) groups excluding carboxylic acids is 2. The number of β-amino-alcohol motifs (C(OH)–C–C–N with tert-alkyl or cyclic N) is 1. The van der Waals surface area contributed by atoms with Gasteiger partial charge in [-0.25, -0.2) is 4.79 Å². The van der Waals surface area contributed by atoms with Crippen molar-refractivity contribution in [3.63, 3.8) is 0 Å². The van der Waals surface area contributed by atoms with Gasteiger partial charge in [0, 0.05) is 6.54 Å². The first kappa shape index (κ1) is 15.3. The van der Waals surface area contributed by atoms with E-state index >= 15 is 0 Å². The Bertz CT molecular complexity index is 389. The molecule has 1 atom stereocenters. The number of aliphatic hydroxyl groups excluding tert-OH is 1. The topological polar surface area (TPSA) is 72.9 Å². The first-order valence-corrected chi connectivity index (χ1v) is 7.34. The fourth-order valence-electron chi connectivity index (χ4n) is 2.79. The molecule has 2 rings (SSSR count). The molecule has 6 heteroatoms. The number of hydrogen-bond donors (Lipinski definition) is 2. The summed E-state index contributed by atoms with van der Waals surface area (Å²) in [5.74, 6) is 0.476. The molecule has 0 aromatic rings. The molecule has 0 radical (unpaired) electrons. The van der Waals surface area contributed by atoms with E-state index in [9.17, 15) is 14.7 Å². The smallest absolute Gasteiger partial charge is 0.325 e. The maximum absolute atomic E-state index is 12.0. The highest BCUT2D eigenvalue weighted by molar-refractivity contribution is 6.06. The number of piperidine rings is 1. The summed E-state index contributed by atoms with van der Waals surface area (Å²) in [7, 11) is 0. The van der Waals surface area contributed by atoms with Crippen LogP contribution in [0.25, 0.3) is 0 Å². The Kier molecular flexibility index (Phi) is 4.34. The Morgan fingerprint density at radius 1 is 1.30 bits per heavy atom. The summed E-state index contributed by atoms with van der Waals surface area (Å²) < 4.78 is 0. The third-order valence-corrected chi connectivity index (χ3v) is 4.18. The molecular weight excluding hydrogens is 258 g/mol. The van der Waals surface area contributed by atoms with E-state index in [-0.39, 0.29) is 12.5 Å². The first-order chi connectivity index (χ1) is 9.29. The molecule has 0 unspecified atom stereocenters. The monoisotopic (exact) mass is 283 g/mol. The molecule has 0 aromatic carbocycles. The number of urea groups is 1. The molecule has 2 saturated heterocycles. The maximum Gasteiger partial charge on any atom is 0.325 e. The molecular formula is C14H25N3O3. The average molecular weight is 283 g/mol. The molecule has 2 aliphatic heterocycles. The van der Waals surface area contributed by atoms with E-state index < -0.39 is 17.7 Å². The van der Waals surface area contributed by atoms with Crippen LogP contribution in [-0.4, -0.2) is 64.7 Å². The van der Waals surface area contributed by atoms with Crippen LogP contribution in [-0.2, 0) is 4.79 Å². The molecule has 3 amide bonds. The highest BCUT2D eigenvalue weighted by atomic mass is 16.3. The van der Waals surface area contributed by atoms with Crippen LogP contribution < -0.4 is 5.32 Å². The molecule has 0 spiro atoms. The molecule has 2 fully saturated rings. The molecule has 20 heavy (non-hydrogen) atoms. The third kappa shape index (κ3) is 3.30. The molecule has 2 heterocycles. The zero-order chi connectivity index (χ0) is 14.9. The van der Waals surface area contributed by atoms with E-state index in [1.807, 2.05) is 0 Å². The van der Waals surface area contributed by atoms with Crippen LogP contribution in [0.5, 0.6) is 0 Å². The molecule has 2 aliphatic rings. The second-order valence-corrected chi connectivity index (χ2v) is 6.61. The van der Waals surface area contributed by atoms with Crippen molar-refractivity contribution in [1.82, 2.24) is 15.1 Å². The fourth-order valence-corrected chi connectivity index (χ4v) is 2.79. The standard InChI is InChI=1S/C14H25N3O3/c1-10-4-6-16(7-5-10)8-11(18)9-17-12(19)14(2,3)15-13(17)20/h10-11,18H,4-9H2,1-3H3,(H,15,20)/t11-/m1/s1. The number of amides is 3. The molecule has 114 valence electrons. The predicted octanol–water partition coefficient (Wildman–Crippen LogP) is 0.410. The molecule has 0 aliphatic carbocycles. The summed E-state index contributed by atoms with van der Waals surface area (Å²) in [6, 6.07) is -0.411. The number of hydrogen-bond acceptors (Lipinski definition) is 4. The molecule has 0 aromatic heterocycles. The summed E-state index contributed by atoms with van der Waals surface area (Å²) in [6.45, 7) is 8.12. The molecule has 6 nitrogen and oxygen atoms in total. The zero-order valence-corrected chi connectivity index (χ0v) is 12.6. The van der Waals surface area contributed by atoms with Gasteiger partial charge in [0.1, 0.15) is 5.54 Å². The van der Waals surface area contributed by atoms with Crippen LogP contribution in [0.1, 0.15) is 33.6 Å². The summed E-state index contributed by atoms with van der Waals surface area (Å²) in [5, 5.41) is 12.7. The number of carbonyl (C=O) groups is 2. The zero-order valence-electron chi connectivity index (χ0n) is 12.6. The minimum atomic E-state index is -0.864. The quantitative estimate of drug-likeness (QED) is 0.733. The van der Waals surface area contributed by atoms with Crippen LogP contribution in [0.2, 0.25) is 0 Å². The van der Waals surface area contributed by atoms with Gasteiger partial charge >= 0.3 is 6.03 Å². The molecule has 0 saturated carbocycles. The third-order valence-electron chi connectivity index (χ3n) is 4.18. The predicted molar refractivity (Wildman–Crippen MR) is 75.2 cm³/mol. The van der Waals surface area contributed by atoms with Crippen molar-refractivity contribution in [1.29, 1.82) is 0 Å². The minimum Gasteiger partial charge on any atom is -0.390 e. The van der Waals surface area contributed by atoms with E-state index in [1.165, 1.54) is 0 Å². The lowest BCUT2D eigenvalue weighted by molar-refractivity contribution is -0.131. The summed E-state index contributed by atoms with van der Waals surface area (Å²) in [6.07, 6.45) is 1.60. The van der Waals surface area contributed by atoms with Crippen molar-refractivity contribution in [3.05, 3.63) is 0 Å². The Balaban J connectivity index is 1.84. The van der Waals surface area contributed by atoms with Crippen molar-refractivity contribution < 1.29 is 14.7 Å². The second kappa shape index (κ2) is 5.69. The van der Waals surface area contributed by atoms with Gasteiger partial charge in [0.25, 0.3) is 5.91 Å². The van der Waals surface area contributed by atoms with Gasteiger partial charge in [-0.3, -0.25) is 9.69 Å². The molecule has 0 bridgehead atoms. The lowest BCUT2D eigenvalue weighted by Crippen LogP contribution is -2.45. The van der Waals surface area contributed by atoms with Crippen molar-refractivity contribution >= 4 is 11.9 Å². The van der Waals surface area contributed by atoms with Gasteiger partial charge in [-0.1, -0.05) is 6.92 Å². The number of aliphatic hydroxyl groups is 1. The average Bonchev–Trinajstić information content (AvgIpc) is 2.55. The summed E-state index contributed by atoms with van der Waals surface area (Å²) in [5.41, 5.74) is -0.864. The van der Waals surface area contributed by atoms with E-state index in [0.29, 0.717) is 6.54 Å². The van der Waals surface area contributed by atoms with Crippen LogP contribution in [0.4, 0.5) is 4.79 Å². The van der Waals surface area contributed by atoms with E-state index in [4.69, 9.17) is 0 Å². The molecule has 2 N–H and O–H groups in total. The number of rotatable bonds is 4. The van der Waals surface area contributed by atoms with E-state index in [2.05, 4.69) is 17.1 Å². The summed E-state index contributed by atoms with van der Waals surface area (Å²) in [4.78, 5) is 27.1. The van der Waals surface area contributed by atoms with Crippen molar-refractivity contribution in [2.24, 2.45) is 5.92 Å². The number of likely N-dealkylation sites (tertiary alicyclic amines) is 1. The van der Waals surface area contributed by atoms with Gasteiger partial charge < -0.3 is 15.3 Å². The van der Waals surface area contributed by atoms with Crippen molar-refractivity contribution in [2.45, 2.75) is 45.3 Å². The van der Waals surface area contributed by atoms with Gasteiger partial charge in [-0.05, 0) is 45.7 Å². The lowest BCUT2D eigenvalue weighted by Gasteiger charge is -2.32. The van der Waals surface area contributed by atoms with Crippen LogP contribution in [0, 0.1) is 5.92 Å². The number of imide groups is 1. The Labute approximate surface area is 120 Å². The van der Waals surface area contributed by atoms with Gasteiger partial charge in [0.05, 0.1) is 12.6 Å². The Hall–Kier alpha value is -1.14. The van der Waals surface area contributed by atoms with Gasteiger partial charge in [0.2, 0.25) is 0 Å². The Morgan fingerprint density at radius 2 is 1.90 bits per heavy atom.